The van der Waals surface area contributed by atoms with Crippen molar-refractivity contribution in [2.75, 3.05) is 0 Å². The van der Waals surface area contributed by atoms with Crippen LogP contribution in [0.1, 0.15) is 12.6 Å². The molecule has 0 radical (unpaired) electrons. The lowest BCUT2D eigenvalue weighted by Gasteiger charge is -2.07. The van der Waals surface area contributed by atoms with Crippen LogP contribution in [-0.4, -0.2) is 14.5 Å². The van der Waals surface area contributed by atoms with Gasteiger partial charge in [0.25, 0.3) is 0 Å². The zero-order valence-electron chi connectivity index (χ0n) is 8.72. The third kappa shape index (κ3) is 1.76. The molecule has 4 nitrogen and oxygen atoms in total. The van der Waals surface area contributed by atoms with Crippen LogP contribution < -0.4 is 5.73 Å². The van der Waals surface area contributed by atoms with Gasteiger partial charge in [-0.2, -0.15) is 0 Å². The Kier molecular flexibility index (Phi) is 2.78. The molecule has 0 saturated heterocycles. The Morgan fingerprint density at radius 3 is 2.87 bits per heavy atom. The highest BCUT2D eigenvalue weighted by Gasteiger charge is 2.08. The molecule has 0 aliphatic heterocycles. The van der Waals surface area contributed by atoms with E-state index in [1.54, 1.807) is 6.20 Å². The number of hydrogen-bond donors (Lipinski definition) is 1. The number of rotatable bonds is 3. The molecule has 0 fully saturated rings. The molecule has 0 aliphatic rings. The highest BCUT2D eigenvalue weighted by Crippen LogP contribution is 2.18. The normalized spacial score (nSPS) is 10.5. The Balaban J connectivity index is 2.49. The third-order valence-corrected chi connectivity index (χ3v) is 2.38. The first kappa shape index (κ1) is 9.86. The molecule has 2 aromatic rings. The van der Waals surface area contributed by atoms with Crippen molar-refractivity contribution in [3.05, 3.63) is 36.4 Å². The quantitative estimate of drug-likeness (QED) is 0.819. The van der Waals surface area contributed by atoms with Crippen molar-refractivity contribution < 1.29 is 0 Å². The summed E-state index contributed by atoms with van der Waals surface area (Å²) in [6.07, 6.45) is 5.40. The van der Waals surface area contributed by atoms with Crippen LogP contribution in [0.25, 0.3) is 11.4 Å². The van der Waals surface area contributed by atoms with Crippen molar-refractivity contribution in [1.29, 1.82) is 0 Å². The Labute approximate surface area is 88.8 Å². The number of hydrogen-bond acceptors (Lipinski definition) is 3. The summed E-state index contributed by atoms with van der Waals surface area (Å²) < 4.78 is 2.11. The smallest absolute Gasteiger partial charge is 0.141 e. The fourth-order valence-electron chi connectivity index (χ4n) is 1.65. The Morgan fingerprint density at radius 2 is 2.27 bits per heavy atom. The molecule has 2 N–H and O–H groups in total. The van der Waals surface area contributed by atoms with Crippen LogP contribution in [-0.2, 0) is 13.1 Å². The van der Waals surface area contributed by atoms with Crippen molar-refractivity contribution >= 4 is 0 Å². The fourth-order valence-corrected chi connectivity index (χ4v) is 1.65. The second-order valence-electron chi connectivity index (χ2n) is 3.26. The predicted octanol–water partition coefficient (Wildman–Crippen LogP) is 1.42. The third-order valence-electron chi connectivity index (χ3n) is 2.38. The monoisotopic (exact) mass is 202 g/mol. The largest absolute Gasteiger partial charge is 0.327 e. The minimum absolute atomic E-state index is 0.515. The summed E-state index contributed by atoms with van der Waals surface area (Å²) >= 11 is 0. The molecule has 0 amide bonds. The van der Waals surface area contributed by atoms with E-state index in [2.05, 4.69) is 21.5 Å². The summed E-state index contributed by atoms with van der Waals surface area (Å²) in [5.74, 6) is 0.936. The van der Waals surface area contributed by atoms with Crippen molar-refractivity contribution in [3.8, 4) is 11.4 Å². The van der Waals surface area contributed by atoms with E-state index in [0.717, 1.165) is 23.6 Å². The van der Waals surface area contributed by atoms with Gasteiger partial charge in [0.2, 0.25) is 0 Å². The minimum atomic E-state index is 0.515. The van der Waals surface area contributed by atoms with Gasteiger partial charge in [-0.15, -0.1) is 0 Å². The molecule has 0 aliphatic carbocycles. The van der Waals surface area contributed by atoms with Gasteiger partial charge in [0.05, 0.1) is 11.9 Å². The van der Waals surface area contributed by atoms with E-state index in [0.29, 0.717) is 6.54 Å². The molecule has 0 bridgehead atoms. The first-order valence-corrected chi connectivity index (χ1v) is 5.01. The first-order valence-electron chi connectivity index (χ1n) is 5.01. The molecule has 78 valence electrons. The van der Waals surface area contributed by atoms with Crippen LogP contribution in [0.5, 0.6) is 0 Å². The van der Waals surface area contributed by atoms with Gasteiger partial charge in [-0.3, -0.25) is 4.98 Å². The molecule has 0 saturated carbocycles. The molecular formula is C11H14N4. The Bertz CT molecular complexity index is 433. The van der Waals surface area contributed by atoms with Gasteiger partial charge in [-0.1, -0.05) is 0 Å². The van der Waals surface area contributed by atoms with Crippen molar-refractivity contribution in [3.63, 3.8) is 0 Å². The van der Waals surface area contributed by atoms with Crippen molar-refractivity contribution in [1.82, 2.24) is 14.5 Å². The zero-order valence-corrected chi connectivity index (χ0v) is 8.72. The highest BCUT2D eigenvalue weighted by molar-refractivity contribution is 5.54. The molecule has 2 rings (SSSR count). The molecule has 2 heterocycles. The van der Waals surface area contributed by atoms with E-state index in [4.69, 9.17) is 5.73 Å². The molecular weight excluding hydrogens is 188 g/mol. The van der Waals surface area contributed by atoms with Gasteiger partial charge in [-0.05, 0) is 19.1 Å². The zero-order chi connectivity index (χ0) is 10.7. The molecule has 15 heavy (non-hydrogen) atoms. The average molecular weight is 202 g/mol. The van der Waals surface area contributed by atoms with E-state index in [9.17, 15) is 0 Å². The lowest BCUT2D eigenvalue weighted by Crippen LogP contribution is -2.07. The van der Waals surface area contributed by atoms with E-state index >= 15 is 0 Å². The summed E-state index contributed by atoms with van der Waals surface area (Å²) in [4.78, 5) is 8.46. The van der Waals surface area contributed by atoms with E-state index in [-0.39, 0.29) is 0 Å². The van der Waals surface area contributed by atoms with Gasteiger partial charge in [0.15, 0.2) is 0 Å². The lowest BCUT2D eigenvalue weighted by molar-refractivity contribution is 0.719. The van der Waals surface area contributed by atoms with Crippen LogP contribution in [0, 0.1) is 0 Å². The van der Waals surface area contributed by atoms with Crippen LogP contribution in [0.4, 0.5) is 0 Å². The molecule has 0 aromatic carbocycles. The highest BCUT2D eigenvalue weighted by atomic mass is 15.1. The topological polar surface area (TPSA) is 56.7 Å². The van der Waals surface area contributed by atoms with Crippen LogP contribution in [0.15, 0.2) is 30.7 Å². The molecule has 4 heteroatoms. The second kappa shape index (κ2) is 4.23. The predicted molar refractivity (Wildman–Crippen MR) is 59.0 cm³/mol. The van der Waals surface area contributed by atoms with Crippen molar-refractivity contribution in [2.45, 2.75) is 20.0 Å². The summed E-state index contributed by atoms with van der Waals surface area (Å²) in [7, 11) is 0. The van der Waals surface area contributed by atoms with Gasteiger partial charge in [-0.25, -0.2) is 4.98 Å². The summed E-state index contributed by atoms with van der Waals surface area (Å²) in [6.45, 7) is 3.47. The number of nitrogens with zero attached hydrogens (tertiary/aromatic N) is 3. The molecule has 0 unspecified atom stereocenters. The second-order valence-corrected chi connectivity index (χ2v) is 3.26. The summed E-state index contributed by atoms with van der Waals surface area (Å²) in [6, 6.07) is 3.91. The Hall–Kier alpha value is -1.68. The summed E-state index contributed by atoms with van der Waals surface area (Å²) in [5, 5.41) is 0. The van der Waals surface area contributed by atoms with Crippen molar-refractivity contribution in [2.24, 2.45) is 5.73 Å². The van der Waals surface area contributed by atoms with Crippen LogP contribution in [0.2, 0.25) is 0 Å². The lowest BCUT2D eigenvalue weighted by atomic mass is 10.2. The maximum atomic E-state index is 5.64. The summed E-state index contributed by atoms with van der Waals surface area (Å²) in [5.41, 5.74) is 7.72. The van der Waals surface area contributed by atoms with Gasteiger partial charge in [0, 0.05) is 31.0 Å². The molecule has 2 aromatic heterocycles. The number of nitrogens with two attached hydrogens (primary N) is 1. The molecule has 0 spiro atoms. The number of pyridine rings is 1. The standard InChI is InChI=1S/C11H14N4/c1-2-15-10(6-12)8-14-11(15)9-4-3-5-13-7-9/h3-5,7-8H,2,6,12H2,1H3. The van der Waals surface area contributed by atoms with Gasteiger partial charge < -0.3 is 10.3 Å². The Morgan fingerprint density at radius 1 is 1.40 bits per heavy atom. The first-order chi connectivity index (χ1) is 7.36. The SMILES string of the molecule is CCn1c(CN)cnc1-c1cccnc1. The van der Waals surface area contributed by atoms with E-state index < -0.39 is 0 Å². The van der Waals surface area contributed by atoms with Crippen LogP contribution in [0.3, 0.4) is 0 Å². The average Bonchev–Trinajstić information content (AvgIpc) is 2.72. The number of imidazole rings is 1. The maximum absolute atomic E-state index is 5.64. The van der Waals surface area contributed by atoms with E-state index in [1.165, 1.54) is 0 Å². The molecule has 0 atom stereocenters. The minimum Gasteiger partial charge on any atom is -0.327 e. The number of aromatic nitrogens is 3. The van der Waals surface area contributed by atoms with E-state index in [1.807, 2.05) is 24.5 Å². The maximum Gasteiger partial charge on any atom is 0.141 e. The fraction of sp³-hybridized carbons (Fsp3) is 0.273. The van der Waals surface area contributed by atoms with Crippen LogP contribution >= 0.6 is 0 Å². The van der Waals surface area contributed by atoms with Gasteiger partial charge >= 0.3 is 0 Å². The van der Waals surface area contributed by atoms with Gasteiger partial charge in [0.1, 0.15) is 5.82 Å².